The van der Waals surface area contributed by atoms with Crippen LogP contribution in [-0.2, 0) is 14.8 Å². The molecule has 1 saturated carbocycles. The van der Waals surface area contributed by atoms with Gasteiger partial charge in [0.2, 0.25) is 10.0 Å². The van der Waals surface area contributed by atoms with E-state index in [0.29, 0.717) is 12.8 Å². The molecule has 114 valence electrons. The van der Waals surface area contributed by atoms with Crippen molar-refractivity contribution in [1.82, 2.24) is 5.32 Å². The summed E-state index contributed by atoms with van der Waals surface area (Å²) in [6.45, 7) is 0. The van der Waals surface area contributed by atoms with Gasteiger partial charge in [-0.3, -0.25) is 0 Å². The number of carboxylic acid groups (broad SMARTS) is 1. The molecule has 0 heterocycles. The monoisotopic (exact) mass is 313 g/mol. The summed E-state index contributed by atoms with van der Waals surface area (Å²) in [5, 5.41) is 18.9. The second-order valence-corrected chi connectivity index (χ2v) is 6.45. The zero-order valence-electron chi connectivity index (χ0n) is 11.0. The van der Waals surface area contributed by atoms with E-state index in [1.54, 1.807) is 0 Å². The SMILES string of the molecule is NS(=O)(=O)c1cccc(NC(=O)NC2(C(=O)O)CCC2)c1. The molecule has 1 aromatic rings. The molecular weight excluding hydrogens is 298 g/mol. The molecule has 5 N–H and O–H groups in total. The summed E-state index contributed by atoms with van der Waals surface area (Å²) < 4.78 is 22.4. The van der Waals surface area contributed by atoms with Gasteiger partial charge in [0.25, 0.3) is 0 Å². The van der Waals surface area contributed by atoms with E-state index in [9.17, 15) is 18.0 Å². The van der Waals surface area contributed by atoms with Crippen LogP contribution in [0.4, 0.5) is 10.5 Å². The number of sulfonamides is 1. The summed E-state index contributed by atoms with van der Waals surface area (Å²) in [6.07, 6.45) is 1.47. The first kappa shape index (κ1) is 15.3. The van der Waals surface area contributed by atoms with Crippen LogP contribution in [0.5, 0.6) is 0 Å². The lowest BCUT2D eigenvalue weighted by Gasteiger charge is -2.38. The number of amides is 2. The minimum Gasteiger partial charge on any atom is -0.480 e. The molecule has 1 aromatic carbocycles. The highest BCUT2D eigenvalue weighted by Gasteiger charge is 2.45. The van der Waals surface area contributed by atoms with Gasteiger partial charge in [-0.05, 0) is 37.5 Å². The van der Waals surface area contributed by atoms with Crippen LogP contribution in [0, 0.1) is 0 Å². The lowest BCUT2D eigenvalue weighted by molar-refractivity contribution is -0.148. The lowest BCUT2D eigenvalue weighted by Crippen LogP contribution is -2.60. The number of carboxylic acids is 1. The fraction of sp³-hybridized carbons (Fsp3) is 0.333. The van der Waals surface area contributed by atoms with E-state index in [2.05, 4.69) is 10.6 Å². The Balaban J connectivity index is 2.08. The van der Waals surface area contributed by atoms with Crippen LogP contribution in [0.1, 0.15) is 19.3 Å². The van der Waals surface area contributed by atoms with Gasteiger partial charge in [0.15, 0.2) is 0 Å². The Bertz CT molecular complexity index is 682. The Kier molecular flexibility index (Phi) is 3.88. The van der Waals surface area contributed by atoms with Crippen LogP contribution in [-0.4, -0.2) is 31.1 Å². The van der Waals surface area contributed by atoms with Gasteiger partial charge < -0.3 is 15.7 Å². The minimum absolute atomic E-state index is 0.142. The van der Waals surface area contributed by atoms with Crippen molar-refractivity contribution in [3.05, 3.63) is 24.3 Å². The quantitative estimate of drug-likeness (QED) is 0.639. The Morgan fingerprint density at radius 1 is 1.29 bits per heavy atom. The normalized spacial score (nSPS) is 16.6. The summed E-state index contributed by atoms with van der Waals surface area (Å²) in [7, 11) is -3.87. The highest BCUT2D eigenvalue weighted by molar-refractivity contribution is 7.89. The van der Waals surface area contributed by atoms with Crippen molar-refractivity contribution < 1.29 is 23.1 Å². The Hall–Kier alpha value is -2.13. The number of anilines is 1. The third-order valence-electron chi connectivity index (χ3n) is 3.39. The first-order valence-electron chi connectivity index (χ1n) is 6.18. The van der Waals surface area contributed by atoms with Crippen LogP contribution in [0.25, 0.3) is 0 Å². The number of nitrogens with two attached hydrogens (primary N) is 1. The average Bonchev–Trinajstić information content (AvgIpc) is 2.32. The van der Waals surface area contributed by atoms with E-state index >= 15 is 0 Å². The molecule has 0 saturated heterocycles. The highest BCUT2D eigenvalue weighted by atomic mass is 32.2. The van der Waals surface area contributed by atoms with E-state index in [-0.39, 0.29) is 10.6 Å². The van der Waals surface area contributed by atoms with Gasteiger partial charge in [0, 0.05) is 5.69 Å². The second-order valence-electron chi connectivity index (χ2n) is 4.89. The van der Waals surface area contributed by atoms with Crippen molar-refractivity contribution in [1.29, 1.82) is 0 Å². The standard InChI is InChI=1S/C12H15N3O5S/c13-21(19,20)9-4-1-3-8(7-9)14-11(18)15-12(10(16)17)5-2-6-12/h1,3-4,7H,2,5-6H2,(H,16,17)(H2,13,19,20)(H2,14,15,18). The average molecular weight is 313 g/mol. The molecule has 0 aliphatic heterocycles. The molecule has 9 heteroatoms. The molecule has 0 bridgehead atoms. The number of benzene rings is 1. The van der Waals surface area contributed by atoms with Gasteiger partial charge in [-0.1, -0.05) is 6.07 Å². The van der Waals surface area contributed by atoms with E-state index in [1.807, 2.05) is 0 Å². The maximum atomic E-state index is 11.8. The van der Waals surface area contributed by atoms with Crippen molar-refractivity contribution in [2.45, 2.75) is 29.7 Å². The predicted molar refractivity (Wildman–Crippen MR) is 74.2 cm³/mol. The number of primary sulfonamides is 1. The van der Waals surface area contributed by atoms with Gasteiger partial charge in [0.1, 0.15) is 5.54 Å². The molecule has 1 fully saturated rings. The van der Waals surface area contributed by atoms with E-state index in [1.165, 1.54) is 24.3 Å². The van der Waals surface area contributed by atoms with Gasteiger partial charge in [0.05, 0.1) is 4.90 Å². The van der Waals surface area contributed by atoms with Crippen LogP contribution in [0.3, 0.4) is 0 Å². The molecule has 1 aliphatic rings. The van der Waals surface area contributed by atoms with Crippen molar-refractivity contribution in [2.24, 2.45) is 5.14 Å². The fourth-order valence-electron chi connectivity index (χ4n) is 2.05. The zero-order valence-corrected chi connectivity index (χ0v) is 11.8. The molecule has 1 aliphatic carbocycles. The maximum Gasteiger partial charge on any atom is 0.329 e. The molecular formula is C12H15N3O5S. The number of carbonyl (C=O) groups is 2. The number of nitrogens with one attached hydrogen (secondary N) is 2. The van der Waals surface area contributed by atoms with Crippen LogP contribution in [0.2, 0.25) is 0 Å². The van der Waals surface area contributed by atoms with Crippen LogP contribution in [0.15, 0.2) is 29.2 Å². The summed E-state index contributed by atoms with van der Waals surface area (Å²) in [5.74, 6) is -1.08. The number of hydrogen-bond acceptors (Lipinski definition) is 4. The highest BCUT2D eigenvalue weighted by Crippen LogP contribution is 2.32. The second kappa shape index (κ2) is 5.34. The van der Waals surface area contributed by atoms with Crippen molar-refractivity contribution in [2.75, 3.05) is 5.32 Å². The van der Waals surface area contributed by atoms with Gasteiger partial charge >= 0.3 is 12.0 Å². The number of hydrogen-bond donors (Lipinski definition) is 4. The number of urea groups is 1. The number of aliphatic carboxylic acids is 1. The molecule has 0 spiro atoms. The maximum absolute atomic E-state index is 11.8. The summed E-state index contributed by atoms with van der Waals surface area (Å²) in [5.41, 5.74) is -1.03. The first-order valence-corrected chi connectivity index (χ1v) is 7.73. The molecule has 0 radical (unpaired) electrons. The molecule has 0 atom stereocenters. The number of carbonyl (C=O) groups excluding carboxylic acids is 1. The van der Waals surface area contributed by atoms with Crippen LogP contribution < -0.4 is 15.8 Å². The van der Waals surface area contributed by atoms with Crippen molar-refractivity contribution in [3.8, 4) is 0 Å². The van der Waals surface area contributed by atoms with E-state index in [0.717, 1.165) is 6.42 Å². The number of rotatable bonds is 4. The molecule has 2 amide bonds. The van der Waals surface area contributed by atoms with Gasteiger partial charge in [-0.25, -0.2) is 23.1 Å². The first-order chi connectivity index (χ1) is 9.73. The predicted octanol–water partition coefficient (Wildman–Crippen LogP) is 0.463. The third kappa shape index (κ3) is 3.31. The van der Waals surface area contributed by atoms with Crippen LogP contribution >= 0.6 is 0 Å². The molecule has 2 rings (SSSR count). The summed E-state index contributed by atoms with van der Waals surface area (Å²) in [4.78, 5) is 22.8. The molecule has 21 heavy (non-hydrogen) atoms. The smallest absolute Gasteiger partial charge is 0.329 e. The topological polar surface area (TPSA) is 139 Å². The third-order valence-corrected chi connectivity index (χ3v) is 4.30. The van der Waals surface area contributed by atoms with Gasteiger partial charge in [-0.2, -0.15) is 0 Å². The van der Waals surface area contributed by atoms with Gasteiger partial charge in [-0.15, -0.1) is 0 Å². The molecule has 0 unspecified atom stereocenters. The van der Waals surface area contributed by atoms with Crippen molar-refractivity contribution in [3.63, 3.8) is 0 Å². The fourth-order valence-corrected chi connectivity index (χ4v) is 2.61. The largest absolute Gasteiger partial charge is 0.480 e. The molecule has 8 nitrogen and oxygen atoms in total. The zero-order chi connectivity index (χ0) is 15.7. The van der Waals surface area contributed by atoms with E-state index in [4.69, 9.17) is 10.2 Å². The Morgan fingerprint density at radius 3 is 2.43 bits per heavy atom. The Labute approximate surface area is 121 Å². The summed E-state index contributed by atoms with van der Waals surface area (Å²) >= 11 is 0. The van der Waals surface area contributed by atoms with Crippen molar-refractivity contribution >= 4 is 27.7 Å². The molecule has 0 aromatic heterocycles. The lowest BCUT2D eigenvalue weighted by atomic mass is 9.77. The Morgan fingerprint density at radius 2 is 1.95 bits per heavy atom. The summed E-state index contributed by atoms with van der Waals surface area (Å²) in [6, 6.07) is 4.68. The van der Waals surface area contributed by atoms with E-state index < -0.39 is 27.6 Å². The minimum atomic E-state index is -3.87.